The van der Waals surface area contributed by atoms with Crippen LogP contribution in [0.15, 0.2) is 23.1 Å². The van der Waals surface area contributed by atoms with Crippen LogP contribution in [-0.2, 0) is 12.0 Å². The Morgan fingerprint density at radius 3 is 2.71 bits per heavy atom. The van der Waals surface area contributed by atoms with Crippen LogP contribution in [0.1, 0.15) is 26.5 Å². The van der Waals surface area contributed by atoms with Gasteiger partial charge in [-0.2, -0.15) is 13.8 Å². The van der Waals surface area contributed by atoms with Crippen molar-refractivity contribution in [2.24, 2.45) is 5.92 Å². The summed E-state index contributed by atoms with van der Waals surface area (Å²) in [4.78, 5) is 14.1. The minimum absolute atomic E-state index is 0.0308. The average molecular weight is 305 g/mol. The van der Waals surface area contributed by atoms with Crippen LogP contribution in [0.25, 0.3) is 0 Å². The van der Waals surface area contributed by atoms with Crippen molar-refractivity contribution in [3.63, 3.8) is 0 Å². The molecule has 1 aliphatic rings. The Kier molecular flexibility index (Phi) is 3.52. The van der Waals surface area contributed by atoms with E-state index in [1.807, 2.05) is 6.07 Å². The van der Waals surface area contributed by atoms with E-state index in [0.29, 0.717) is 12.5 Å². The molecule has 0 aromatic carbocycles. The fraction of sp³-hybridized carbons (Fsp3) is 0.571. The summed E-state index contributed by atoms with van der Waals surface area (Å²) in [6.07, 6.45) is 1.78. The summed E-state index contributed by atoms with van der Waals surface area (Å²) in [5.41, 5.74) is 0.867. The molecule has 7 heteroatoms. The van der Waals surface area contributed by atoms with Crippen LogP contribution >= 0.6 is 11.7 Å². The van der Waals surface area contributed by atoms with Gasteiger partial charge in [-0.25, -0.2) is 4.68 Å². The zero-order chi connectivity index (χ0) is 15.0. The first-order valence-electron chi connectivity index (χ1n) is 7.04. The predicted octanol–water partition coefficient (Wildman–Crippen LogP) is 1.53. The molecule has 3 rings (SSSR count). The lowest BCUT2D eigenvalue weighted by molar-refractivity contribution is 0.328. The van der Waals surface area contributed by atoms with Crippen molar-refractivity contribution in [3.8, 4) is 0 Å². The van der Waals surface area contributed by atoms with Crippen molar-refractivity contribution in [1.82, 2.24) is 18.5 Å². The highest BCUT2D eigenvalue weighted by molar-refractivity contribution is 6.99. The summed E-state index contributed by atoms with van der Waals surface area (Å²) in [5, 5.41) is 4.51. The minimum atomic E-state index is -0.0482. The maximum Gasteiger partial charge on any atom is 0.266 e. The van der Waals surface area contributed by atoms with Gasteiger partial charge in [0.2, 0.25) is 0 Å². The van der Waals surface area contributed by atoms with Gasteiger partial charge < -0.3 is 4.90 Å². The van der Waals surface area contributed by atoms with Gasteiger partial charge in [-0.05, 0) is 6.07 Å². The third-order valence-corrected chi connectivity index (χ3v) is 4.17. The molecule has 3 heterocycles. The van der Waals surface area contributed by atoms with Crippen molar-refractivity contribution in [2.45, 2.75) is 32.7 Å². The molecule has 0 aliphatic carbocycles. The Hall–Kier alpha value is -1.76. The molecule has 0 radical (unpaired) electrons. The fourth-order valence-electron chi connectivity index (χ4n) is 2.40. The summed E-state index contributed by atoms with van der Waals surface area (Å²) in [7, 11) is 0. The van der Waals surface area contributed by atoms with Crippen LogP contribution in [0, 0.1) is 5.92 Å². The second kappa shape index (κ2) is 5.22. The molecule has 0 amide bonds. The lowest BCUT2D eigenvalue weighted by atomic mass is 9.92. The molecule has 6 nitrogen and oxygen atoms in total. The normalized spacial score (nSPS) is 16.0. The lowest BCUT2D eigenvalue weighted by Crippen LogP contribution is -2.50. The SMILES string of the molecule is CC(C)(C)c1ccc(=O)n(CC2CN(c3cnsn3)C2)n1. The first kappa shape index (κ1) is 14.2. The lowest BCUT2D eigenvalue weighted by Gasteiger charge is -2.39. The number of hydrogen-bond acceptors (Lipinski definition) is 6. The van der Waals surface area contributed by atoms with Gasteiger partial charge in [0.1, 0.15) is 0 Å². The van der Waals surface area contributed by atoms with E-state index in [2.05, 4.69) is 39.5 Å². The summed E-state index contributed by atoms with van der Waals surface area (Å²) >= 11 is 1.22. The average Bonchev–Trinajstić information content (AvgIpc) is 2.87. The highest BCUT2D eigenvalue weighted by Crippen LogP contribution is 2.24. The largest absolute Gasteiger partial charge is 0.354 e. The Morgan fingerprint density at radius 1 is 1.33 bits per heavy atom. The number of nitrogens with zero attached hydrogens (tertiary/aromatic N) is 5. The van der Waals surface area contributed by atoms with E-state index in [0.717, 1.165) is 24.6 Å². The van der Waals surface area contributed by atoms with Gasteiger partial charge in [0, 0.05) is 30.5 Å². The third-order valence-electron chi connectivity index (χ3n) is 3.70. The molecular weight excluding hydrogens is 286 g/mol. The van der Waals surface area contributed by atoms with E-state index in [4.69, 9.17) is 0 Å². The molecule has 1 fully saturated rings. The second-order valence-corrected chi connectivity index (χ2v) is 7.08. The van der Waals surface area contributed by atoms with E-state index < -0.39 is 0 Å². The highest BCUT2D eigenvalue weighted by atomic mass is 32.1. The Bertz CT molecular complexity index is 667. The summed E-state index contributed by atoms with van der Waals surface area (Å²) in [6, 6.07) is 3.45. The van der Waals surface area contributed by atoms with Crippen molar-refractivity contribution in [1.29, 1.82) is 0 Å². The van der Waals surface area contributed by atoms with Gasteiger partial charge in [0.05, 0.1) is 30.2 Å². The molecule has 0 saturated carbocycles. The molecule has 0 N–H and O–H groups in total. The Labute approximate surface area is 127 Å². The van der Waals surface area contributed by atoms with E-state index in [9.17, 15) is 4.79 Å². The molecule has 112 valence electrons. The van der Waals surface area contributed by atoms with Crippen LogP contribution in [0.3, 0.4) is 0 Å². The number of aromatic nitrogens is 4. The van der Waals surface area contributed by atoms with Crippen LogP contribution in [0.2, 0.25) is 0 Å². The zero-order valence-electron chi connectivity index (χ0n) is 12.5. The van der Waals surface area contributed by atoms with Gasteiger partial charge in [-0.3, -0.25) is 4.79 Å². The summed E-state index contributed by atoms with van der Waals surface area (Å²) in [5.74, 6) is 1.37. The van der Waals surface area contributed by atoms with Crippen molar-refractivity contribution in [3.05, 3.63) is 34.4 Å². The maximum absolute atomic E-state index is 12.0. The summed E-state index contributed by atoms with van der Waals surface area (Å²) in [6.45, 7) is 8.77. The Balaban J connectivity index is 1.68. The summed E-state index contributed by atoms with van der Waals surface area (Å²) < 4.78 is 9.82. The second-order valence-electron chi connectivity index (χ2n) is 6.53. The van der Waals surface area contributed by atoms with Crippen LogP contribution < -0.4 is 10.5 Å². The van der Waals surface area contributed by atoms with E-state index in [1.165, 1.54) is 11.7 Å². The zero-order valence-corrected chi connectivity index (χ0v) is 13.3. The molecule has 0 unspecified atom stereocenters. The first-order chi connectivity index (χ1) is 9.93. The van der Waals surface area contributed by atoms with Gasteiger partial charge in [-0.15, -0.1) is 0 Å². The monoisotopic (exact) mass is 305 g/mol. The van der Waals surface area contributed by atoms with Crippen molar-refractivity contribution >= 4 is 17.5 Å². The molecule has 2 aromatic rings. The topological polar surface area (TPSA) is 63.9 Å². The van der Waals surface area contributed by atoms with Crippen molar-refractivity contribution in [2.75, 3.05) is 18.0 Å². The van der Waals surface area contributed by atoms with Gasteiger partial charge >= 0.3 is 0 Å². The Morgan fingerprint density at radius 2 is 2.10 bits per heavy atom. The van der Waals surface area contributed by atoms with Crippen LogP contribution in [0.5, 0.6) is 0 Å². The van der Waals surface area contributed by atoms with E-state index in [-0.39, 0.29) is 11.0 Å². The first-order valence-corrected chi connectivity index (χ1v) is 7.77. The molecule has 1 aliphatic heterocycles. The van der Waals surface area contributed by atoms with Crippen LogP contribution in [0.4, 0.5) is 5.82 Å². The quantitative estimate of drug-likeness (QED) is 0.860. The third kappa shape index (κ3) is 2.97. The molecular formula is C14H19N5OS. The number of anilines is 1. The van der Waals surface area contributed by atoms with Gasteiger partial charge in [-0.1, -0.05) is 20.8 Å². The van der Waals surface area contributed by atoms with Gasteiger partial charge in [0.15, 0.2) is 5.82 Å². The molecule has 0 bridgehead atoms. The predicted molar refractivity (Wildman–Crippen MR) is 82.8 cm³/mol. The molecule has 21 heavy (non-hydrogen) atoms. The molecule has 1 saturated heterocycles. The number of hydrogen-bond donors (Lipinski definition) is 0. The molecule has 0 spiro atoms. The highest BCUT2D eigenvalue weighted by Gasteiger charge is 2.29. The fourth-order valence-corrected chi connectivity index (χ4v) is 2.83. The van der Waals surface area contributed by atoms with Crippen LogP contribution in [-0.4, -0.2) is 31.6 Å². The number of rotatable bonds is 3. The molecule has 0 atom stereocenters. The minimum Gasteiger partial charge on any atom is -0.354 e. The smallest absolute Gasteiger partial charge is 0.266 e. The van der Waals surface area contributed by atoms with Gasteiger partial charge in [0.25, 0.3) is 5.56 Å². The maximum atomic E-state index is 12.0. The molecule has 2 aromatic heterocycles. The van der Waals surface area contributed by atoms with Crippen molar-refractivity contribution < 1.29 is 0 Å². The standard InChI is InChI=1S/C14H19N5OS/c1-14(2,3)11-4-5-13(20)19(16-11)9-10-7-18(8-10)12-6-15-21-17-12/h4-6,10H,7-9H2,1-3H3. The van der Waals surface area contributed by atoms with E-state index in [1.54, 1.807) is 16.9 Å². The van der Waals surface area contributed by atoms with E-state index >= 15 is 0 Å².